The van der Waals surface area contributed by atoms with Gasteiger partial charge in [-0.25, -0.2) is 8.78 Å². The molecule has 2 aromatic carbocycles. The van der Waals surface area contributed by atoms with Crippen molar-refractivity contribution in [2.24, 2.45) is 5.92 Å². The number of hydrogen-bond donors (Lipinski definition) is 0. The fourth-order valence-corrected chi connectivity index (χ4v) is 4.99. The number of nitrogens with zero attached hydrogens (tertiary/aromatic N) is 2. The Balaban J connectivity index is 1.73. The van der Waals surface area contributed by atoms with E-state index in [4.69, 9.17) is 0 Å². The van der Waals surface area contributed by atoms with Gasteiger partial charge in [-0.15, -0.1) is 0 Å². The van der Waals surface area contributed by atoms with Crippen molar-refractivity contribution in [2.75, 3.05) is 13.6 Å². The number of nitriles is 1. The molecule has 0 spiro atoms. The minimum atomic E-state index is -0.860. The van der Waals surface area contributed by atoms with E-state index in [9.17, 15) is 14.0 Å². The normalized spacial score (nSPS) is 17.8. The second-order valence-electron chi connectivity index (χ2n) is 9.15. The largest absolute Gasteiger partial charge is 0.303 e. The third-order valence-corrected chi connectivity index (χ3v) is 7.24. The van der Waals surface area contributed by atoms with Crippen molar-refractivity contribution in [1.82, 2.24) is 4.90 Å². The molecule has 1 fully saturated rings. The molecular weight excluding hydrogens is 390 g/mol. The summed E-state index contributed by atoms with van der Waals surface area (Å²) in [6.45, 7) is 3.14. The lowest BCUT2D eigenvalue weighted by molar-refractivity contribution is 0.196. The summed E-state index contributed by atoms with van der Waals surface area (Å²) in [5, 5.41) is 10.4. The number of rotatable bonds is 9. The Morgan fingerprint density at radius 3 is 2.42 bits per heavy atom. The first-order valence-corrected chi connectivity index (χ1v) is 11.6. The summed E-state index contributed by atoms with van der Waals surface area (Å²) < 4.78 is 27.7. The topological polar surface area (TPSA) is 27.0 Å². The van der Waals surface area contributed by atoms with Crippen LogP contribution < -0.4 is 0 Å². The Morgan fingerprint density at radius 1 is 1.06 bits per heavy atom. The second kappa shape index (κ2) is 10.9. The molecule has 4 heteroatoms. The van der Waals surface area contributed by atoms with Gasteiger partial charge in [0.1, 0.15) is 0 Å². The van der Waals surface area contributed by atoms with E-state index < -0.39 is 17.0 Å². The van der Waals surface area contributed by atoms with Crippen LogP contribution in [0.5, 0.6) is 0 Å². The van der Waals surface area contributed by atoms with Crippen LogP contribution in [-0.4, -0.2) is 24.5 Å². The lowest BCUT2D eigenvalue weighted by atomic mass is 9.63. The van der Waals surface area contributed by atoms with Crippen molar-refractivity contribution in [1.29, 1.82) is 5.26 Å². The predicted octanol–water partition coefficient (Wildman–Crippen LogP) is 6.65. The van der Waals surface area contributed by atoms with E-state index in [1.807, 2.05) is 6.07 Å². The van der Waals surface area contributed by atoms with Crippen LogP contribution in [0.4, 0.5) is 8.78 Å². The Labute approximate surface area is 185 Å². The molecule has 2 unspecified atom stereocenters. The minimum Gasteiger partial charge on any atom is -0.303 e. The maximum absolute atomic E-state index is 14.1. The van der Waals surface area contributed by atoms with Gasteiger partial charge in [0.15, 0.2) is 11.6 Å². The molecule has 0 radical (unpaired) electrons. The number of hydrogen-bond acceptors (Lipinski definition) is 2. The van der Waals surface area contributed by atoms with Gasteiger partial charge in [-0.1, -0.05) is 55.7 Å². The molecule has 2 aromatic rings. The highest BCUT2D eigenvalue weighted by Gasteiger charge is 2.41. The zero-order valence-corrected chi connectivity index (χ0v) is 18.8. The lowest BCUT2D eigenvalue weighted by Crippen LogP contribution is -2.38. The van der Waals surface area contributed by atoms with Crippen molar-refractivity contribution >= 4 is 0 Å². The molecule has 0 N–H and O–H groups in total. The Bertz CT molecular complexity index is 871. The third-order valence-electron chi connectivity index (χ3n) is 7.24. The standard InChI is InChI=1S/C27H34F2N2/c1-21(31(2)18-16-22-9-5-3-6-10-22)15-17-27(20-30,23-11-7-4-8-12-23)24-13-14-25(28)26(29)19-24/h3,5-6,9-10,13-14,19,21,23H,4,7-8,11-12,15-18H2,1-2H3. The van der Waals surface area contributed by atoms with E-state index in [0.717, 1.165) is 45.1 Å². The molecule has 1 aliphatic rings. The lowest BCUT2D eigenvalue weighted by Gasteiger charge is -2.39. The Morgan fingerprint density at radius 2 is 1.77 bits per heavy atom. The highest BCUT2D eigenvalue weighted by atomic mass is 19.2. The first kappa shape index (κ1) is 23.4. The van der Waals surface area contributed by atoms with Crippen LogP contribution in [-0.2, 0) is 11.8 Å². The van der Waals surface area contributed by atoms with Crippen molar-refractivity contribution in [2.45, 2.75) is 69.7 Å². The van der Waals surface area contributed by atoms with Crippen LogP contribution in [0.1, 0.15) is 63.0 Å². The summed E-state index contributed by atoms with van der Waals surface area (Å²) in [6, 6.07) is 17.4. The summed E-state index contributed by atoms with van der Waals surface area (Å²) in [5.41, 5.74) is 1.19. The molecule has 1 aliphatic carbocycles. The van der Waals surface area contributed by atoms with Gasteiger partial charge in [-0.2, -0.15) is 5.26 Å². The maximum Gasteiger partial charge on any atom is 0.159 e. The van der Waals surface area contributed by atoms with Crippen molar-refractivity contribution in [3.8, 4) is 6.07 Å². The van der Waals surface area contributed by atoms with Crippen LogP contribution in [0.25, 0.3) is 0 Å². The summed E-state index contributed by atoms with van der Waals surface area (Å²) in [4.78, 5) is 2.33. The van der Waals surface area contributed by atoms with Gasteiger partial charge in [0.2, 0.25) is 0 Å². The SMILES string of the molecule is CC(CCC(C#N)(c1ccc(F)c(F)c1)C1CCCCC1)N(C)CCc1ccccc1. The van der Waals surface area contributed by atoms with Gasteiger partial charge in [0, 0.05) is 12.6 Å². The number of halogens is 2. The van der Waals surface area contributed by atoms with E-state index in [1.165, 1.54) is 24.1 Å². The van der Waals surface area contributed by atoms with Gasteiger partial charge < -0.3 is 4.90 Å². The molecule has 2 nitrogen and oxygen atoms in total. The van der Waals surface area contributed by atoms with Gasteiger partial charge in [-0.05, 0) is 75.3 Å². The first-order chi connectivity index (χ1) is 15.0. The van der Waals surface area contributed by atoms with Crippen molar-refractivity contribution < 1.29 is 8.78 Å². The molecule has 1 saturated carbocycles. The molecule has 0 aliphatic heterocycles. The fourth-order valence-electron chi connectivity index (χ4n) is 4.99. The predicted molar refractivity (Wildman–Crippen MR) is 122 cm³/mol. The monoisotopic (exact) mass is 424 g/mol. The molecule has 0 saturated heterocycles. The smallest absolute Gasteiger partial charge is 0.159 e. The third kappa shape index (κ3) is 5.71. The van der Waals surface area contributed by atoms with E-state index in [-0.39, 0.29) is 5.92 Å². The van der Waals surface area contributed by atoms with E-state index in [2.05, 4.69) is 49.2 Å². The summed E-state index contributed by atoms with van der Waals surface area (Å²) in [5.74, 6) is -1.52. The fraction of sp³-hybridized carbons (Fsp3) is 0.519. The molecule has 0 heterocycles. The second-order valence-corrected chi connectivity index (χ2v) is 9.15. The summed E-state index contributed by atoms with van der Waals surface area (Å²) >= 11 is 0. The molecule has 2 atom stereocenters. The average molecular weight is 425 g/mol. The van der Waals surface area contributed by atoms with Gasteiger partial charge in [-0.3, -0.25) is 0 Å². The van der Waals surface area contributed by atoms with Crippen LogP contribution >= 0.6 is 0 Å². The maximum atomic E-state index is 14.1. The molecule has 0 amide bonds. The minimum absolute atomic E-state index is 0.193. The first-order valence-electron chi connectivity index (χ1n) is 11.6. The van der Waals surface area contributed by atoms with Crippen LogP contribution in [0.15, 0.2) is 48.5 Å². The molecule has 166 valence electrons. The zero-order valence-electron chi connectivity index (χ0n) is 18.8. The van der Waals surface area contributed by atoms with E-state index in [0.29, 0.717) is 18.0 Å². The molecule has 0 bridgehead atoms. The molecular formula is C27H34F2N2. The number of benzene rings is 2. The zero-order chi connectivity index (χ0) is 22.3. The molecule has 3 rings (SSSR count). The van der Waals surface area contributed by atoms with Crippen molar-refractivity contribution in [3.63, 3.8) is 0 Å². The highest BCUT2D eigenvalue weighted by molar-refractivity contribution is 5.35. The summed E-state index contributed by atoms with van der Waals surface area (Å²) in [6.07, 6.45) is 7.83. The highest BCUT2D eigenvalue weighted by Crippen LogP contribution is 2.44. The van der Waals surface area contributed by atoms with Gasteiger partial charge in [0.05, 0.1) is 11.5 Å². The van der Waals surface area contributed by atoms with Gasteiger partial charge in [0.25, 0.3) is 0 Å². The quantitative estimate of drug-likeness (QED) is 0.451. The van der Waals surface area contributed by atoms with Crippen LogP contribution in [0.3, 0.4) is 0 Å². The Kier molecular flexibility index (Phi) is 8.21. The van der Waals surface area contributed by atoms with E-state index >= 15 is 0 Å². The van der Waals surface area contributed by atoms with Gasteiger partial charge >= 0.3 is 0 Å². The van der Waals surface area contributed by atoms with Crippen LogP contribution in [0.2, 0.25) is 0 Å². The number of likely N-dealkylation sites (N-methyl/N-ethyl adjacent to an activating group) is 1. The molecule has 31 heavy (non-hydrogen) atoms. The average Bonchev–Trinajstić information content (AvgIpc) is 2.81. The summed E-state index contributed by atoms with van der Waals surface area (Å²) in [7, 11) is 2.12. The van der Waals surface area contributed by atoms with Crippen molar-refractivity contribution in [3.05, 3.63) is 71.3 Å². The molecule has 0 aromatic heterocycles. The Hall–Kier alpha value is -2.25. The van der Waals surface area contributed by atoms with E-state index in [1.54, 1.807) is 6.07 Å². The van der Waals surface area contributed by atoms with Crippen LogP contribution in [0, 0.1) is 28.9 Å².